The Morgan fingerprint density at radius 2 is 1.36 bits per heavy atom. The maximum Gasteiger partial charge on any atom is 0.302 e. The Balaban J connectivity index is 3.54. The molecule has 0 radical (unpaired) electrons. The molecule has 132 valence electrons. The van der Waals surface area contributed by atoms with E-state index in [9.17, 15) is 4.79 Å². The largest absolute Gasteiger partial charge is 0.463 e. The van der Waals surface area contributed by atoms with Crippen LogP contribution in [-0.2, 0) is 23.7 Å². The molecule has 0 spiro atoms. The van der Waals surface area contributed by atoms with Gasteiger partial charge in [0.2, 0.25) is 0 Å². The monoisotopic (exact) mass is 318 g/mol. The lowest BCUT2D eigenvalue weighted by atomic mass is 10.2. The fourth-order valence-electron chi connectivity index (χ4n) is 1.79. The topological polar surface area (TPSA) is 54.0 Å². The molecule has 3 unspecified atom stereocenters. The number of ether oxygens (including phenoxy) is 4. The highest BCUT2D eigenvalue weighted by Crippen LogP contribution is 2.03. The molecule has 0 saturated carbocycles. The third-order valence-electron chi connectivity index (χ3n) is 3.15. The Hall–Kier alpha value is -0.650. The number of hydrogen-bond donors (Lipinski definition) is 0. The van der Waals surface area contributed by atoms with Gasteiger partial charge >= 0.3 is 5.97 Å². The lowest BCUT2D eigenvalue weighted by molar-refractivity contribution is -0.146. The molecule has 0 rings (SSSR count). The Morgan fingerprint density at radius 1 is 0.818 bits per heavy atom. The smallest absolute Gasteiger partial charge is 0.302 e. The minimum absolute atomic E-state index is 0.00841. The van der Waals surface area contributed by atoms with E-state index in [-0.39, 0.29) is 30.9 Å². The van der Waals surface area contributed by atoms with Crippen LogP contribution in [0.3, 0.4) is 0 Å². The molecule has 0 bridgehead atoms. The molecule has 0 aliphatic rings. The predicted molar refractivity (Wildman–Crippen MR) is 87.0 cm³/mol. The van der Waals surface area contributed by atoms with Crippen molar-refractivity contribution in [2.75, 3.05) is 26.4 Å². The highest BCUT2D eigenvalue weighted by atomic mass is 16.6. The molecule has 0 aliphatic heterocycles. The van der Waals surface area contributed by atoms with Gasteiger partial charge in [0.1, 0.15) is 6.61 Å². The number of carbonyl (C=O) groups is 1. The molecule has 0 aromatic rings. The van der Waals surface area contributed by atoms with E-state index in [4.69, 9.17) is 18.9 Å². The van der Waals surface area contributed by atoms with Gasteiger partial charge in [-0.1, -0.05) is 26.2 Å². The first kappa shape index (κ1) is 21.4. The summed E-state index contributed by atoms with van der Waals surface area (Å²) < 4.78 is 21.9. The van der Waals surface area contributed by atoms with Gasteiger partial charge in [0.15, 0.2) is 0 Å². The maximum absolute atomic E-state index is 10.7. The van der Waals surface area contributed by atoms with Gasteiger partial charge in [0.25, 0.3) is 0 Å². The first-order chi connectivity index (χ1) is 10.5. The van der Waals surface area contributed by atoms with E-state index in [0.29, 0.717) is 13.2 Å². The molecule has 22 heavy (non-hydrogen) atoms. The number of unbranched alkanes of at least 4 members (excludes halogenated alkanes) is 3. The first-order valence-electron chi connectivity index (χ1n) is 8.43. The zero-order valence-corrected chi connectivity index (χ0v) is 14.9. The molecule has 3 atom stereocenters. The van der Waals surface area contributed by atoms with E-state index in [2.05, 4.69) is 6.92 Å². The zero-order valence-electron chi connectivity index (χ0n) is 14.9. The molecule has 0 amide bonds. The second-order valence-corrected chi connectivity index (χ2v) is 5.83. The van der Waals surface area contributed by atoms with Crippen molar-refractivity contribution in [2.45, 2.75) is 78.6 Å². The van der Waals surface area contributed by atoms with Gasteiger partial charge in [-0.2, -0.15) is 0 Å². The quantitative estimate of drug-likeness (QED) is 0.363. The summed E-state index contributed by atoms with van der Waals surface area (Å²) in [7, 11) is 0. The molecule has 0 fully saturated rings. The van der Waals surface area contributed by atoms with Crippen LogP contribution in [0.25, 0.3) is 0 Å². The summed E-state index contributed by atoms with van der Waals surface area (Å²) in [6, 6.07) is 0. The number of esters is 1. The lowest BCUT2D eigenvalue weighted by Crippen LogP contribution is -2.27. The number of rotatable bonds is 14. The summed E-state index contributed by atoms with van der Waals surface area (Å²) >= 11 is 0. The van der Waals surface area contributed by atoms with Crippen LogP contribution < -0.4 is 0 Å². The second-order valence-electron chi connectivity index (χ2n) is 5.83. The minimum atomic E-state index is -0.287. The lowest BCUT2D eigenvalue weighted by Gasteiger charge is -2.20. The van der Waals surface area contributed by atoms with E-state index in [1.165, 1.54) is 26.2 Å². The summed E-state index contributed by atoms with van der Waals surface area (Å²) in [5.74, 6) is -0.287. The molecular weight excluding hydrogens is 284 g/mol. The van der Waals surface area contributed by atoms with Crippen molar-refractivity contribution in [1.29, 1.82) is 0 Å². The molecule has 0 aliphatic carbocycles. The minimum Gasteiger partial charge on any atom is -0.463 e. The molecule has 0 aromatic heterocycles. The van der Waals surface area contributed by atoms with Gasteiger partial charge in [-0.3, -0.25) is 4.79 Å². The van der Waals surface area contributed by atoms with Crippen LogP contribution >= 0.6 is 0 Å². The normalized spacial score (nSPS) is 15.3. The van der Waals surface area contributed by atoms with Gasteiger partial charge in [-0.25, -0.2) is 0 Å². The Kier molecular flexibility index (Phi) is 13.6. The molecule has 0 N–H and O–H groups in total. The van der Waals surface area contributed by atoms with E-state index in [1.807, 2.05) is 20.8 Å². The third kappa shape index (κ3) is 14.3. The molecule has 0 aromatic carbocycles. The van der Waals surface area contributed by atoms with Crippen molar-refractivity contribution in [3.63, 3.8) is 0 Å². The van der Waals surface area contributed by atoms with Gasteiger partial charge < -0.3 is 18.9 Å². The molecule has 0 saturated heterocycles. The van der Waals surface area contributed by atoms with Crippen LogP contribution in [0.15, 0.2) is 0 Å². The van der Waals surface area contributed by atoms with Crippen LogP contribution in [0.4, 0.5) is 0 Å². The van der Waals surface area contributed by atoms with E-state index < -0.39 is 0 Å². The van der Waals surface area contributed by atoms with E-state index in [1.54, 1.807) is 0 Å². The first-order valence-corrected chi connectivity index (χ1v) is 8.43. The molecule has 5 nitrogen and oxygen atoms in total. The van der Waals surface area contributed by atoms with Gasteiger partial charge in [0.05, 0.1) is 31.5 Å². The van der Waals surface area contributed by atoms with Gasteiger partial charge in [-0.05, 0) is 27.2 Å². The molecular formula is C17H34O5. The van der Waals surface area contributed by atoms with Crippen LogP contribution in [0.2, 0.25) is 0 Å². The van der Waals surface area contributed by atoms with Gasteiger partial charge in [0, 0.05) is 13.5 Å². The summed E-state index contributed by atoms with van der Waals surface area (Å²) in [5, 5.41) is 0. The zero-order chi connectivity index (χ0) is 16.8. The third-order valence-corrected chi connectivity index (χ3v) is 3.15. The SMILES string of the molecule is CCCCCCOC(C)COC(C)COC(C)COC(C)=O. The van der Waals surface area contributed by atoms with E-state index >= 15 is 0 Å². The average molecular weight is 318 g/mol. The maximum atomic E-state index is 10.7. The van der Waals surface area contributed by atoms with Gasteiger partial charge in [-0.15, -0.1) is 0 Å². The summed E-state index contributed by atoms with van der Waals surface area (Å²) in [6.07, 6.45) is 4.83. The fourth-order valence-corrected chi connectivity index (χ4v) is 1.79. The van der Waals surface area contributed by atoms with Crippen LogP contribution in [0.5, 0.6) is 0 Å². The summed E-state index contributed by atoms with van der Waals surface area (Å²) in [6.45, 7) is 11.6. The van der Waals surface area contributed by atoms with Crippen molar-refractivity contribution in [3.05, 3.63) is 0 Å². The van der Waals surface area contributed by atoms with Crippen molar-refractivity contribution < 1.29 is 23.7 Å². The molecule has 0 heterocycles. The van der Waals surface area contributed by atoms with Crippen molar-refractivity contribution >= 4 is 5.97 Å². The summed E-state index contributed by atoms with van der Waals surface area (Å²) in [4.78, 5) is 10.7. The Morgan fingerprint density at radius 3 is 1.91 bits per heavy atom. The highest BCUT2D eigenvalue weighted by molar-refractivity contribution is 5.65. The van der Waals surface area contributed by atoms with Crippen molar-refractivity contribution in [2.24, 2.45) is 0 Å². The fraction of sp³-hybridized carbons (Fsp3) is 0.941. The van der Waals surface area contributed by atoms with Crippen molar-refractivity contribution in [1.82, 2.24) is 0 Å². The van der Waals surface area contributed by atoms with Crippen molar-refractivity contribution in [3.8, 4) is 0 Å². The van der Waals surface area contributed by atoms with Crippen LogP contribution in [0.1, 0.15) is 60.3 Å². The Labute approximate surface area is 135 Å². The predicted octanol–water partition coefficient (Wildman–Crippen LogP) is 3.35. The van der Waals surface area contributed by atoms with Crippen LogP contribution in [0, 0.1) is 0 Å². The average Bonchev–Trinajstić information content (AvgIpc) is 2.48. The standard InChI is InChI=1S/C17H34O5/c1-6-7-8-9-10-19-14(2)11-20-15(3)12-21-16(4)13-22-17(5)18/h14-16H,6-13H2,1-5H3. The van der Waals surface area contributed by atoms with E-state index in [0.717, 1.165) is 13.0 Å². The van der Waals surface area contributed by atoms with Crippen LogP contribution in [-0.4, -0.2) is 50.7 Å². The second kappa shape index (κ2) is 14.0. The highest BCUT2D eigenvalue weighted by Gasteiger charge is 2.10. The number of hydrogen-bond acceptors (Lipinski definition) is 5. The molecule has 5 heteroatoms. The number of carbonyl (C=O) groups excluding carboxylic acids is 1. The summed E-state index contributed by atoms with van der Waals surface area (Å²) in [5.41, 5.74) is 0. The Bertz CT molecular complexity index is 270.